The number of Topliss-reactive ketones (excluding diaryl/α,β-unsaturated/α-hetero) is 2. The summed E-state index contributed by atoms with van der Waals surface area (Å²) < 4.78 is 85.0. The van der Waals surface area contributed by atoms with E-state index in [0.717, 1.165) is 25.8 Å². The van der Waals surface area contributed by atoms with Crippen LogP contribution in [0.1, 0.15) is 49.2 Å². The van der Waals surface area contributed by atoms with Gasteiger partial charge in [0.15, 0.2) is 28.1 Å². The zero-order valence-corrected chi connectivity index (χ0v) is 43.1. The third-order valence-corrected chi connectivity index (χ3v) is 11.9. The molecule has 0 saturated carbocycles. The Kier molecular flexibility index (Phi) is 17.8. The van der Waals surface area contributed by atoms with Crippen molar-refractivity contribution in [2.75, 3.05) is 16.0 Å². The Morgan fingerprint density at radius 3 is 1.52 bits per heavy atom. The van der Waals surface area contributed by atoms with Crippen LogP contribution in [0.2, 0.25) is 0 Å². The normalized spacial score (nSPS) is 11.4. The van der Waals surface area contributed by atoms with E-state index in [1.54, 1.807) is 6.92 Å². The fraction of sp³-hybridized carbons (Fsp3) is 0.292. The van der Waals surface area contributed by atoms with Crippen molar-refractivity contribution < 1.29 is 45.5 Å². The van der Waals surface area contributed by atoms with Crippen LogP contribution in [-0.2, 0) is 65.3 Å². The Morgan fingerprint density at radius 2 is 1.09 bits per heavy atom. The van der Waals surface area contributed by atoms with Crippen LogP contribution >= 0.6 is 15.9 Å². The first-order valence-electron chi connectivity index (χ1n) is 22.8. The standard InChI is InChI=1S/C24H22F3N7O4.C20H16F3N7O3.C4H7BrO/c1-4-15(35)10-34-22(37)20-21(32(3)23(34)38)29-12-33(20)11-19(36)31-18-7-5-6-17(30-18)14-8-16(24(25,26)27)13(2)28-9-14;1-10-12(20(21,22)23)6-11(7-24-10)13-4-3-5-14(26-13)27-15(31)8-30-9-25-17-16(30)18(32)28-19(33)29(17)2;1-2-4(6)3-5/h5-9,12H,4,10-11H2,1-3H3,(H,30,31,36);3-7,9H,8H2,1-2H3,(H,26,27,31)(H,28,32,33);2-3H2,1H3. The fourth-order valence-corrected chi connectivity index (χ4v) is 7.59. The van der Waals surface area contributed by atoms with Gasteiger partial charge in [-0.3, -0.25) is 57.4 Å². The topological polar surface area (TPSA) is 278 Å². The Bertz CT molecular complexity index is 3820. The maximum Gasteiger partial charge on any atom is 0.418 e. The molecular weight excluding hydrogens is 1090 g/mol. The maximum atomic E-state index is 13.3. The van der Waals surface area contributed by atoms with Crippen molar-refractivity contribution >= 4 is 73.3 Å². The lowest BCUT2D eigenvalue weighted by molar-refractivity contribution is -0.139. The van der Waals surface area contributed by atoms with E-state index in [1.165, 1.54) is 98.5 Å². The number of nitrogens with one attached hydrogen (secondary N) is 3. The van der Waals surface area contributed by atoms with Crippen molar-refractivity contribution in [1.29, 1.82) is 0 Å². The summed E-state index contributed by atoms with van der Waals surface area (Å²) in [5.41, 5.74) is -4.14. The summed E-state index contributed by atoms with van der Waals surface area (Å²) in [5.74, 6) is -1.08. The molecule has 0 bridgehead atoms. The molecule has 0 aliphatic carbocycles. The molecule has 0 aliphatic heterocycles. The number of aryl methyl sites for hydroxylation is 4. The quantitative estimate of drug-likeness (QED) is 0.0950. The molecule has 77 heavy (non-hydrogen) atoms. The lowest BCUT2D eigenvalue weighted by Crippen LogP contribution is -2.41. The number of anilines is 2. The van der Waals surface area contributed by atoms with E-state index in [9.17, 15) is 64.7 Å². The molecule has 3 N–H and O–H groups in total. The third kappa shape index (κ3) is 13.6. The number of imidazole rings is 2. The minimum Gasteiger partial charge on any atom is -0.315 e. The lowest BCUT2D eigenvalue weighted by Gasteiger charge is -2.12. The molecule has 29 heteroatoms. The highest BCUT2D eigenvalue weighted by Crippen LogP contribution is 2.35. The van der Waals surface area contributed by atoms with Crippen molar-refractivity contribution in [1.82, 2.24) is 57.7 Å². The second-order valence-corrected chi connectivity index (χ2v) is 17.2. The van der Waals surface area contributed by atoms with Crippen LogP contribution in [-0.4, -0.2) is 86.4 Å². The van der Waals surface area contributed by atoms with E-state index in [4.69, 9.17) is 0 Å². The molecule has 0 saturated heterocycles. The van der Waals surface area contributed by atoms with E-state index in [1.807, 2.05) is 6.92 Å². The minimum atomic E-state index is -4.58. The highest BCUT2D eigenvalue weighted by Gasteiger charge is 2.34. The first kappa shape index (κ1) is 57.5. The number of H-pyrrole nitrogens is 1. The Morgan fingerprint density at radius 1 is 0.636 bits per heavy atom. The van der Waals surface area contributed by atoms with E-state index in [2.05, 4.69) is 61.5 Å². The van der Waals surface area contributed by atoms with Gasteiger partial charge in [-0.1, -0.05) is 41.9 Å². The number of ketones is 2. The van der Waals surface area contributed by atoms with Crippen LogP contribution in [0.25, 0.3) is 44.8 Å². The summed E-state index contributed by atoms with van der Waals surface area (Å²) in [6, 6.07) is 10.8. The highest BCUT2D eigenvalue weighted by atomic mass is 79.9. The first-order valence-corrected chi connectivity index (χ1v) is 23.9. The van der Waals surface area contributed by atoms with Gasteiger partial charge in [0.1, 0.15) is 30.5 Å². The Hall–Kier alpha value is -8.76. The minimum absolute atomic E-state index is 0.0411. The number of hydrogen-bond donors (Lipinski definition) is 3. The van der Waals surface area contributed by atoms with Crippen molar-refractivity contribution in [3.05, 3.63) is 138 Å². The molecule has 8 rings (SSSR count). The van der Waals surface area contributed by atoms with Crippen molar-refractivity contribution in [3.8, 4) is 22.5 Å². The van der Waals surface area contributed by atoms with Gasteiger partial charge in [-0.15, -0.1) is 0 Å². The van der Waals surface area contributed by atoms with E-state index >= 15 is 0 Å². The second kappa shape index (κ2) is 23.8. The van der Waals surface area contributed by atoms with Crippen molar-refractivity contribution in [2.45, 2.75) is 72.5 Å². The zero-order chi connectivity index (χ0) is 56.7. The van der Waals surface area contributed by atoms with Crippen LogP contribution in [0.4, 0.5) is 38.0 Å². The number of fused-ring (bicyclic) bond motifs is 2. The molecule has 0 spiro atoms. The van der Waals surface area contributed by atoms with Gasteiger partial charge in [0, 0.05) is 61.8 Å². The maximum absolute atomic E-state index is 13.3. The summed E-state index contributed by atoms with van der Waals surface area (Å²) >= 11 is 3.03. The summed E-state index contributed by atoms with van der Waals surface area (Å²) in [5, 5.41) is 5.58. The summed E-state index contributed by atoms with van der Waals surface area (Å²) in [6.45, 7) is 4.87. The number of carbonyl (C=O) groups is 4. The molecule has 8 heterocycles. The monoisotopic (exact) mass is 1140 g/mol. The molecule has 0 fully saturated rings. The van der Waals surface area contributed by atoms with Crippen LogP contribution < -0.4 is 33.1 Å². The molecule has 8 aromatic rings. The Balaban J connectivity index is 0.000000227. The molecule has 0 atom stereocenters. The summed E-state index contributed by atoms with van der Waals surface area (Å²) in [4.78, 5) is 123. The number of hydrogen-bond acceptors (Lipinski definition) is 14. The van der Waals surface area contributed by atoms with Gasteiger partial charge in [-0.05, 0) is 50.2 Å². The van der Waals surface area contributed by atoms with Crippen LogP contribution in [0.5, 0.6) is 0 Å². The van der Waals surface area contributed by atoms with E-state index < -0.39 is 64.3 Å². The van der Waals surface area contributed by atoms with Gasteiger partial charge >= 0.3 is 23.7 Å². The largest absolute Gasteiger partial charge is 0.418 e. The number of pyridine rings is 4. The second-order valence-electron chi connectivity index (χ2n) is 16.7. The predicted octanol–water partition coefficient (Wildman–Crippen LogP) is 5.51. The first-order chi connectivity index (χ1) is 36.2. The van der Waals surface area contributed by atoms with Gasteiger partial charge < -0.3 is 19.8 Å². The third-order valence-electron chi connectivity index (χ3n) is 11.3. The number of amides is 2. The molecule has 0 radical (unpaired) electrons. The van der Waals surface area contributed by atoms with Crippen molar-refractivity contribution in [3.63, 3.8) is 0 Å². The van der Waals surface area contributed by atoms with Gasteiger partial charge in [0.2, 0.25) is 11.8 Å². The number of aromatic amines is 1. The number of halogens is 7. The molecule has 0 aliphatic rings. The number of carbonyl (C=O) groups excluding carboxylic acids is 4. The van der Waals surface area contributed by atoms with Crippen LogP contribution in [0, 0.1) is 13.8 Å². The zero-order valence-electron chi connectivity index (χ0n) is 41.5. The molecular formula is C48H45BrF6N14O8. The van der Waals surface area contributed by atoms with Crippen molar-refractivity contribution in [2.24, 2.45) is 14.1 Å². The smallest absolute Gasteiger partial charge is 0.315 e. The van der Waals surface area contributed by atoms with Crippen LogP contribution in [0.15, 0.2) is 92.8 Å². The van der Waals surface area contributed by atoms with Gasteiger partial charge in [-0.25, -0.2) is 29.5 Å². The fourth-order valence-electron chi connectivity index (χ4n) is 7.19. The molecule has 8 aromatic heterocycles. The molecule has 0 unspecified atom stereocenters. The SMILES string of the molecule is CCC(=O)CBr.CCC(=O)Cn1c(=O)c2c(ncn2CC(=O)Nc2cccc(-c3cnc(C)c(C(F)(F)F)c3)n2)n(C)c1=O.Cc1ncc(-c2cccc(NC(=O)Cn3cnc4c3c(=O)[nH]c(=O)n4C)n2)cc1C(F)(F)F. The summed E-state index contributed by atoms with van der Waals surface area (Å²) in [7, 11) is 2.82. The highest BCUT2D eigenvalue weighted by molar-refractivity contribution is 9.09. The van der Waals surface area contributed by atoms with Gasteiger partial charge in [0.25, 0.3) is 11.1 Å². The number of rotatable bonds is 13. The molecule has 2 amide bonds. The number of alkyl halides is 7. The molecule has 0 aromatic carbocycles. The lowest BCUT2D eigenvalue weighted by atomic mass is 10.1. The Labute approximate surface area is 438 Å². The van der Waals surface area contributed by atoms with Gasteiger partial charge in [0.05, 0.1) is 47.0 Å². The van der Waals surface area contributed by atoms with Crippen LogP contribution in [0.3, 0.4) is 0 Å². The average molecular weight is 1140 g/mol. The average Bonchev–Trinajstić information content (AvgIpc) is 4.04. The van der Waals surface area contributed by atoms with E-state index in [-0.39, 0.29) is 98.9 Å². The number of aromatic nitrogens is 12. The van der Waals surface area contributed by atoms with Gasteiger partial charge in [-0.2, -0.15) is 26.3 Å². The molecule has 22 nitrogen and oxygen atoms in total. The van der Waals surface area contributed by atoms with E-state index in [0.29, 0.717) is 11.8 Å². The number of nitrogens with zero attached hydrogens (tertiary/aromatic N) is 11. The summed E-state index contributed by atoms with van der Waals surface area (Å²) in [6.07, 6.45) is -3.37. The predicted molar refractivity (Wildman–Crippen MR) is 271 cm³/mol. The molecule has 404 valence electrons.